The number of nitrogens with zero attached hydrogens (tertiary/aromatic N) is 3. The van der Waals surface area contributed by atoms with E-state index in [-0.39, 0.29) is 17.9 Å². The predicted molar refractivity (Wildman–Crippen MR) is 153 cm³/mol. The molecule has 1 aliphatic carbocycles. The van der Waals surface area contributed by atoms with Gasteiger partial charge < -0.3 is 20.3 Å². The van der Waals surface area contributed by atoms with Gasteiger partial charge in [0.25, 0.3) is 0 Å². The van der Waals surface area contributed by atoms with Crippen molar-refractivity contribution in [3.05, 3.63) is 100 Å². The van der Waals surface area contributed by atoms with Crippen LogP contribution in [0.25, 0.3) is 0 Å². The first kappa shape index (κ1) is 26.1. The maximum atomic E-state index is 14.0. The van der Waals surface area contributed by atoms with Gasteiger partial charge in [0.05, 0.1) is 30.7 Å². The molecule has 0 atom stereocenters. The lowest BCUT2D eigenvalue weighted by Gasteiger charge is -2.34. The van der Waals surface area contributed by atoms with Gasteiger partial charge in [0.15, 0.2) is 0 Å². The first-order chi connectivity index (χ1) is 20.3. The highest BCUT2D eigenvalue weighted by atomic mass is 19.1. The molecule has 0 saturated heterocycles. The zero-order chi connectivity index (χ0) is 29.0. The maximum Gasteiger partial charge on any atom is 0.239 e. The Morgan fingerprint density at radius 3 is 2.69 bits per heavy atom. The molecule has 10 heteroatoms. The fraction of sp³-hybridized carbons (Fsp3) is 0.250. The van der Waals surface area contributed by atoms with Crippen molar-refractivity contribution in [2.24, 2.45) is 0 Å². The van der Waals surface area contributed by atoms with Gasteiger partial charge in [0.2, 0.25) is 17.8 Å². The molecule has 1 fully saturated rings. The molecule has 3 heterocycles. The third-order valence-corrected chi connectivity index (χ3v) is 8.11. The topological polar surface area (TPSA) is 96.5 Å². The summed E-state index contributed by atoms with van der Waals surface area (Å²) in [7, 11) is 0. The van der Waals surface area contributed by atoms with E-state index in [1.807, 2.05) is 31.2 Å². The highest BCUT2D eigenvalue weighted by Crippen LogP contribution is 2.53. The summed E-state index contributed by atoms with van der Waals surface area (Å²) in [4.78, 5) is 37.8. The number of aromatic nitrogens is 2. The molecule has 3 aromatic carbocycles. The summed E-state index contributed by atoms with van der Waals surface area (Å²) < 4.78 is 32.8. The quantitative estimate of drug-likeness (QED) is 0.320. The summed E-state index contributed by atoms with van der Waals surface area (Å²) >= 11 is 0. The standard InChI is InChI=1S/C32H27F2N5O3/c1-18-5-6-23(36-28(40)13-19-11-21(33)14-22(34)12-19)15-26(18)39-17-20-16-35-31(38-29(20)32(8-9-32)30(39)41)37-25-3-2-4-27-24(25)7-10-42-27/h2-6,11-12,14-16H,7-10,13,17H2,1H3,(H,36,40)(H,35,37,38). The molecular formula is C32H27F2N5O3. The number of carbonyl (C=O) groups excluding carboxylic acids is 2. The SMILES string of the molecule is Cc1ccc(NC(=O)Cc2cc(F)cc(F)c2)cc1N1Cc2cnc(Nc3cccc4c3CCO4)nc2C2(CC2)C1=O. The van der Waals surface area contributed by atoms with E-state index < -0.39 is 23.0 Å². The number of hydrogen-bond donors (Lipinski definition) is 2. The van der Waals surface area contributed by atoms with Gasteiger partial charge in [-0.25, -0.2) is 18.7 Å². The molecule has 4 aromatic rings. The van der Waals surface area contributed by atoms with E-state index in [4.69, 9.17) is 9.72 Å². The van der Waals surface area contributed by atoms with Crippen molar-refractivity contribution < 1.29 is 23.1 Å². The predicted octanol–water partition coefficient (Wildman–Crippen LogP) is 5.50. The van der Waals surface area contributed by atoms with Gasteiger partial charge in [-0.2, -0.15) is 0 Å². The molecule has 0 radical (unpaired) electrons. The van der Waals surface area contributed by atoms with Crippen molar-refractivity contribution in [3.63, 3.8) is 0 Å². The van der Waals surface area contributed by atoms with Gasteiger partial charge in [-0.1, -0.05) is 12.1 Å². The Labute approximate surface area is 240 Å². The van der Waals surface area contributed by atoms with Crippen LogP contribution in [0.2, 0.25) is 0 Å². The van der Waals surface area contributed by atoms with Gasteiger partial charge in [0, 0.05) is 46.9 Å². The van der Waals surface area contributed by atoms with Crippen molar-refractivity contribution >= 4 is 34.8 Å². The number of rotatable bonds is 6. The zero-order valence-corrected chi connectivity index (χ0v) is 22.8. The number of anilines is 4. The van der Waals surface area contributed by atoms with Crippen LogP contribution in [0, 0.1) is 18.6 Å². The number of halogens is 2. The monoisotopic (exact) mass is 567 g/mol. The smallest absolute Gasteiger partial charge is 0.239 e. The van der Waals surface area contributed by atoms with Gasteiger partial charge in [-0.05, 0) is 67.3 Å². The summed E-state index contributed by atoms with van der Waals surface area (Å²) in [6, 6.07) is 14.2. The number of carbonyl (C=O) groups is 2. The number of ether oxygens (including phenoxy) is 1. The summed E-state index contributed by atoms with van der Waals surface area (Å²) in [5.41, 5.74) is 5.17. The minimum absolute atomic E-state index is 0.0320. The molecule has 1 saturated carbocycles. The third kappa shape index (κ3) is 4.62. The van der Waals surface area contributed by atoms with Crippen molar-refractivity contribution in [2.75, 3.05) is 22.1 Å². The largest absolute Gasteiger partial charge is 0.493 e. The molecule has 1 aromatic heterocycles. The van der Waals surface area contributed by atoms with E-state index in [2.05, 4.69) is 15.6 Å². The van der Waals surface area contributed by atoms with Crippen LogP contribution in [0.3, 0.4) is 0 Å². The molecule has 212 valence electrons. The van der Waals surface area contributed by atoms with E-state index in [1.165, 1.54) is 0 Å². The average molecular weight is 568 g/mol. The number of nitrogens with one attached hydrogen (secondary N) is 2. The molecule has 0 unspecified atom stereocenters. The minimum Gasteiger partial charge on any atom is -0.493 e. The highest BCUT2D eigenvalue weighted by molar-refractivity contribution is 6.05. The summed E-state index contributed by atoms with van der Waals surface area (Å²) in [6.07, 6.45) is 3.79. The Hall–Kier alpha value is -4.86. The van der Waals surface area contributed by atoms with Crippen molar-refractivity contribution in [1.29, 1.82) is 0 Å². The maximum absolute atomic E-state index is 14.0. The van der Waals surface area contributed by atoms with E-state index in [9.17, 15) is 18.4 Å². The number of benzene rings is 3. The summed E-state index contributed by atoms with van der Waals surface area (Å²) in [6.45, 7) is 2.85. The molecule has 7 rings (SSSR count). The van der Waals surface area contributed by atoms with Crippen LogP contribution < -0.4 is 20.3 Å². The lowest BCUT2D eigenvalue weighted by Crippen LogP contribution is -2.45. The van der Waals surface area contributed by atoms with E-state index >= 15 is 0 Å². The highest BCUT2D eigenvalue weighted by Gasteiger charge is 2.58. The molecular weight excluding hydrogens is 540 g/mol. The van der Waals surface area contributed by atoms with Gasteiger partial charge in [0.1, 0.15) is 17.4 Å². The molecule has 2 aliphatic heterocycles. The number of aryl methyl sites for hydroxylation is 1. The second-order valence-electron chi connectivity index (χ2n) is 11.1. The van der Waals surface area contributed by atoms with Crippen LogP contribution in [-0.4, -0.2) is 28.4 Å². The lowest BCUT2D eigenvalue weighted by molar-refractivity contribution is -0.121. The molecule has 2 amide bonds. The first-order valence-electron chi connectivity index (χ1n) is 13.8. The van der Waals surface area contributed by atoms with Gasteiger partial charge in [-0.15, -0.1) is 0 Å². The van der Waals surface area contributed by atoms with Gasteiger partial charge >= 0.3 is 0 Å². The second kappa shape index (κ2) is 9.90. The Morgan fingerprint density at radius 1 is 1.10 bits per heavy atom. The second-order valence-corrected chi connectivity index (χ2v) is 11.1. The van der Waals surface area contributed by atoms with Crippen LogP contribution in [-0.2, 0) is 34.4 Å². The zero-order valence-electron chi connectivity index (χ0n) is 22.8. The fourth-order valence-corrected chi connectivity index (χ4v) is 5.91. The summed E-state index contributed by atoms with van der Waals surface area (Å²) in [5, 5.41) is 6.12. The Bertz CT molecular complexity index is 1750. The number of amides is 2. The Morgan fingerprint density at radius 2 is 1.90 bits per heavy atom. The fourth-order valence-electron chi connectivity index (χ4n) is 5.91. The van der Waals surface area contributed by atoms with Crippen LogP contribution in [0.1, 0.15) is 40.8 Å². The third-order valence-electron chi connectivity index (χ3n) is 8.11. The lowest BCUT2D eigenvalue weighted by atomic mass is 9.91. The minimum atomic E-state index is -0.738. The van der Waals surface area contributed by atoms with E-state index in [0.29, 0.717) is 43.3 Å². The van der Waals surface area contributed by atoms with E-state index in [0.717, 1.165) is 58.4 Å². The molecule has 8 nitrogen and oxygen atoms in total. The molecule has 1 spiro atoms. The first-order valence-corrected chi connectivity index (χ1v) is 13.8. The van der Waals surface area contributed by atoms with Crippen molar-refractivity contribution in [3.8, 4) is 5.75 Å². The van der Waals surface area contributed by atoms with E-state index in [1.54, 1.807) is 23.2 Å². The molecule has 0 bridgehead atoms. The number of fused-ring (bicyclic) bond motifs is 3. The molecule has 42 heavy (non-hydrogen) atoms. The average Bonchev–Trinajstić information content (AvgIpc) is 3.60. The Kier molecular flexibility index (Phi) is 6.14. The molecule has 3 aliphatic rings. The number of hydrogen-bond acceptors (Lipinski definition) is 6. The van der Waals surface area contributed by atoms with Crippen molar-refractivity contribution in [1.82, 2.24) is 9.97 Å². The van der Waals surface area contributed by atoms with Crippen LogP contribution >= 0.6 is 0 Å². The van der Waals surface area contributed by atoms with Crippen LogP contribution in [0.15, 0.2) is 60.8 Å². The normalized spacial score (nSPS) is 16.1. The van der Waals surface area contributed by atoms with Gasteiger partial charge in [-0.3, -0.25) is 9.59 Å². The van der Waals surface area contributed by atoms with Crippen LogP contribution in [0.5, 0.6) is 5.75 Å². The summed E-state index contributed by atoms with van der Waals surface area (Å²) in [5.74, 6) is -0.625. The Balaban J connectivity index is 1.13. The van der Waals surface area contributed by atoms with Crippen molar-refractivity contribution in [2.45, 2.75) is 44.6 Å². The molecule has 2 N–H and O–H groups in total. The van der Waals surface area contributed by atoms with Crippen LogP contribution in [0.4, 0.5) is 31.8 Å².